The maximum atomic E-state index is 12.6. The SMILES string of the molecule is Cc1ccc(COc2ccc(C=C3C(=N)N4N=C(c5cccnc5)SC4=NC3=O)cc2)cc1. The number of nitrogens with one attached hydrogen (secondary N) is 1. The molecule has 33 heavy (non-hydrogen) atoms. The van der Waals surface area contributed by atoms with Crippen LogP contribution in [0, 0.1) is 12.3 Å². The summed E-state index contributed by atoms with van der Waals surface area (Å²) < 4.78 is 5.84. The highest BCUT2D eigenvalue weighted by molar-refractivity contribution is 8.27. The van der Waals surface area contributed by atoms with E-state index in [1.165, 1.54) is 22.3 Å². The number of hydrogen-bond donors (Lipinski definition) is 1. The summed E-state index contributed by atoms with van der Waals surface area (Å²) in [6.45, 7) is 2.53. The number of aromatic nitrogens is 1. The second-order valence-corrected chi connectivity index (χ2v) is 8.47. The molecule has 8 heteroatoms. The van der Waals surface area contributed by atoms with Crippen LogP contribution in [0.1, 0.15) is 22.3 Å². The van der Waals surface area contributed by atoms with Gasteiger partial charge < -0.3 is 4.74 Å². The van der Waals surface area contributed by atoms with Crippen molar-refractivity contribution in [2.75, 3.05) is 0 Å². The molecule has 0 saturated carbocycles. The van der Waals surface area contributed by atoms with Gasteiger partial charge in [-0.2, -0.15) is 15.1 Å². The molecule has 2 aliphatic heterocycles. The summed E-state index contributed by atoms with van der Waals surface area (Å²) in [4.78, 5) is 20.9. The van der Waals surface area contributed by atoms with Crippen LogP contribution in [0.3, 0.4) is 0 Å². The quantitative estimate of drug-likeness (QED) is 0.569. The fourth-order valence-electron chi connectivity index (χ4n) is 3.28. The van der Waals surface area contributed by atoms with E-state index in [4.69, 9.17) is 10.1 Å². The van der Waals surface area contributed by atoms with Crippen LogP contribution >= 0.6 is 11.8 Å². The van der Waals surface area contributed by atoms with Gasteiger partial charge in [-0.3, -0.25) is 15.2 Å². The Morgan fingerprint density at radius 1 is 1.09 bits per heavy atom. The van der Waals surface area contributed by atoms with E-state index in [9.17, 15) is 4.79 Å². The zero-order valence-electron chi connectivity index (χ0n) is 17.7. The van der Waals surface area contributed by atoms with Gasteiger partial charge in [0.1, 0.15) is 17.4 Å². The normalized spacial score (nSPS) is 16.5. The van der Waals surface area contributed by atoms with Crippen LogP contribution in [0.2, 0.25) is 0 Å². The first-order valence-corrected chi connectivity index (χ1v) is 11.1. The first-order valence-electron chi connectivity index (χ1n) is 10.3. The Bertz CT molecular complexity index is 1310. The van der Waals surface area contributed by atoms with Crippen molar-refractivity contribution in [3.63, 3.8) is 0 Å². The standard InChI is InChI=1S/C25H19N5O2S/c1-16-4-6-18(7-5-16)15-32-20-10-8-17(9-11-20)13-21-22(26)30-25(28-23(21)31)33-24(29-30)19-3-2-12-27-14-19/h2-14,26H,15H2,1H3. The molecule has 0 aliphatic carbocycles. The van der Waals surface area contributed by atoms with Crippen molar-refractivity contribution in [2.24, 2.45) is 10.1 Å². The first kappa shape index (κ1) is 20.8. The lowest BCUT2D eigenvalue weighted by Crippen LogP contribution is -2.35. The van der Waals surface area contributed by atoms with Gasteiger partial charge in [0.05, 0.1) is 5.57 Å². The number of amides is 1. The average Bonchev–Trinajstić information content (AvgIpc) is 3.27. The van der Waals surface area contributed by atoms with E-state index in [2.05, 4.69) is 34.1 Å². The monoisotopic (exact) mass is 453 g/mol. The number of amidine groups is 2. The number of carbonyl (C=O) groups is 1. The highest BCUT2D eigenvalue weighted by Crippen LogP contribution is 2.30. The van der Waals surface area contributed by atoms with Crippen LogP contribution in [0.25, 0.3) is 6.08 Å². The molecule has 1 aromatic heterocycles. The van der Waals surface area contributed by atoms with Crippen LogP contribution in [0.4, 0.5) is 0 Å². The van der Waals surface area contributed by atoms with Crippen LogP contribution < -0.4 is 4.74 Å². The largest absolute Gasteiger partial charge is 0.489 e. The minimum atomic E-state index is -0.457. The van der Waals surface area contributed by atoms with Crippen LogP contribution in [-0.4, -0.2) is 31.9 Å². The van der Waals surface area contributed by atoms with E-state index in [0.29, 0.717) is 16.8 Å². The molecule has 0 radical (unpaired) electrons. The van der Waals surface area contributed by atoms with Crippen molar-refractivity contribution in [3.8, 4) is 5.75 Å². The van der Waals surface area contributed by atoms with Crippen molar-refractivity contribution in [1.29, 1.82) is 5.41 Å². The molecule has 2 aliphatic rings. The second-order valence-electron chi connectivity index (χ2n) is 7.51. The fraction of sp³-hybridized carbons (Fsp3) is 0.0800. The summed E-state index contributed by atoms with van der Waals surface area (Å²) >= 11 is 1.25. The molecule has 7 nitrogen and oxygen atoms in total. The van der Waals surface area contributed by atoms with Crippen molar-refractivity contribution < 1.29 is 9.53 Å². The summed E-state index contributed by atoms with van der Waals surface area (Å²) in [5, 5.41) is 15.4. The third-order valence-electron chi connectivity index (χ3n) is 5.08. The molecule has 0 spiro atoms. The van der Waals surface area contributed by atoms with Crippen molar-refractivity contribution >= 4 is 39.8 Å². The molecule has 5 rings (SSSR count). The van der Waals surface area contributed by atoms with Crippen molar-refractivity contribution in [2.45, 2.75) is 13.5 Å². The molecule has 162 valence electrons. The van der Waals surface area contributed by atoms with Crippen LogP contribution in [0.5, 0.6) is 5.75 Å². The number of pyridine rings is 1. The maximum Gasteiger partial charge on any atom is 0.283 e. The summed E-state index contributed by atoms with van der Waals surface area (Å²) in [6, 6.07) is 19.3. The number of fused-ring (bicyclic) bond motifs is 1. The lowest BCUT2D eigenvalue weighted by Gasteiger charge is -2.20. The number of aliphatic imine (C=N–C) groups is 1. The molecule has 1 amide bonds. The fourth-order valence-corrected chi connectivity index (χ4v) is 4.16. The topological polar surface area (TPSA) is 91.0 Å². The molecule has 0 bridgehead atoms. The van der Waals surface area contributed by atoms with Gasteiger partial charge in [0.25, 0.3) is 5.91 Å². The van der Waals surface area contributed by atoms with Gasteiger partial charge >= 0.3 is 0 Å². The Balaban J connectivity index is 1.31. The lowest BCUT2D eigenvalue weighted by molar-refractivity contribution is -0.114. The number of hydrogen-bond acceptors (Lipinski definition) is 6. The number of carbonyl (C=O) groups excluding carboxylic acids is 1. The van der Waals surface area contributed by atoms with E-state index in [-0.39, 0.29) is 11.4 Å². The average molecular weight is 454 g/mol. The molecule has 0 unspecified atom stereocenters. The Kier molecular flexibility index (Phi) is 5.58. The van der Waals surface area contributed by atoms with Gasteiger partial charge in [0.2, 0.25) is 5.17 Å². The highest BCUT2D eigenvalue weighted by atomic mass is 32.2. The Labute approximate surface area is 195 Å². The Hall–Kier alpha value is -4.04. The third-order valence-corrected chi connectivity index (χ3v) is 6.04. The highest BCUT2D eigenvalue weighted by Gasteiger charge is 2.36. The molecule has 3 aromatic rings. The van der Waals surface area contributed by atoms with Gasteiger partial charge in [0.15, 0.2) is 5.84 Å². The minimum Gasteiger partial charge on any atom is -0.489 e. The van der Waals surface area contributed by atoms with Crippen LogP contribution in [0.15, 0.2) is 88.7 Å². The van der Waals surface area contributed by atoms with Gasteiger partial charge in [0, 0.05) is 18.0 Å². The van der Waals surface area contributed by atoms with E-state index in [0.717, 1.165) is 22.4 Å². The van der Waals surface area contributed by atoms with E-state index in [1.54, 1.807) is 18.5 Å². The molecular formula is C25H19N5O2S. The number of rotatable bonds is 5. The minimum absolute atomic E-state index is 0.00362. The number of hydrazone groups is 1. The van der Waals surface area contributed by atoms with E-state index in [1.807, 2.05) is 48.5 Å². The second kappa shape index (κ2) is 8.84. The van der Waals surface area contributed by atoms with Gasteiger partial charge in [-0.15, -0.1) is 0 Å². The third kappa shape index (κ3) is 4.47. The number of aryl methyl sites for hydroxylation is 1. The maximum absolute atomic E-state index is 12.6. The number of ether oxygens (including phenoxy) is 1. The summed E-state index contributed by atoms with van der Waals surface area (Å²) in [5.74, 6) is 0.266. The summed E-state index contributed by atoms with van der Waals surface area (Å²) in [6.07, 6.45) is 5.02. The Morgan fingerprint density at radius 2 is 1.88 bits per heavy atom. The van der Waals surface area contributed by atoms with E-state index < -0.39 is 5.91 Å². The predicted octanol–water partition coefficient (Wildman–Crippen LogP) is 4.64. The lowest BCUT2D eigenvalue weighted by atomic mass is 10.1. The summed E-state index contributed by atoms with van der Waals surface area (Å²) in [7, 11) is 0. The first-order chi connectivity index (χ1) is 16.1. The van der Waals surface area contributed by atoms with E-state index >= 15 is 0 Å². The number of nitrogens with zero attached hydrogens (tertiary/aromatic N) is 4. The number of thioether (sulfide) groups is 1. The van der Waals surface area contributed by atoms with Gasteiger partial charge in [-0.05, 0) is 60.2 Å². The molecule has 0 atom stereocenters. The molecule has 0 saturated heterocycles. The zero-order chi connectivity index (χ0) is 22.8. The summed E-state index contributed by atoms with van der Waals surface area (Å²) in [5.41, 5.74) is 4.07. The molecule has 3 heterocycles. The Morgan fingerprint density at radius 3 is 2.61 bits per heavy atom. The van der Waals surface area contributed by atoms with Crippen LogP contribution in [-0.2, 0) is 11.4 Å². The molecule has 1 N–H and O–H groups in total. The van der Waals surface area contributed by atoms with Gasteiger partial charge in [-0.25, -0.2) is 0 Å². The number of benzene rings is 2. The molecule has 2 aromatic carbocycles. The van der Waals surface area contributed by atoms with Crippen molar-refractivity contribution in [1.82, 2.24) is 9.99 Å². The molecule has 0 fully saturated rings. The van der Waals surface area contributed by atoms with Gasteiger partial charge in [-0.1, -0.05) is 42.0 Å². The smallest absolute Gasteiger partial charge is 0.283 e. The van der Waals surface area contributed by atoms with Crippen molar-refractivity contribution in [3.05, 3.63) is 101 Å². The predicted molar refractivity (Wildman–Crippen MR) is 130 cm³/mol. The zero-order valence-corrected chi connectivity index (χ0v) is 18.5. The molecular weight excluding hydrogens is 434 g/mol.